The predicted molar refractivity (Wildman–Crippen MR) is 93.8 cm³/mol. The second-order valence-electron chi connectivity index (χ2n) is 5.96. The first-order valence-electron chi connectivity index (χ1n) is 7.89. The molecule has 3 rings (SSSR count). The normalized spacial score (nSPS) is 17.7. The molecule has 5 nitrogen and oxygen atoms in total. The van der Waals surface area contributed by atoms with Crippen molar-refractivity contribution in [1.29, 1.82) is 0 Å². The van der Waals surface area contributed by atoms with Crippen LogP contribution in [0.15, 0.2) is 59.5 Å². The van der Waals surface area contributed by atoms with E-state index in [1.165, 1.54) is 0 Å². The molecule has 0 bridgehead atoms. The van der Waals surface area contributed by atoms with Crippen LogP contribution in [0.1, 0.15) is 12.0 Å². The summed E-state index contributed by atoms with van der Waals surface area (Å²) in [5.41, 5.74) is 1.72. The average Bonchev–Trinajstić information content (AvgIpc) is 3.09. The number of benzene rings is 2. The fourth-order valence-electron chi connectivity index (χ4n) is 2.88. The van der Waals surface area contributed by atoms with Gasteiger partial charge in [-0.15, -0.1) is 0 Å². The highest BCUT2D eigenvalue weighted by molar-refractivity contribution is 7.92. The van der Waals surface area contributed by atoms with Gasteiger partial charge in [-0.1, -0.05) is 36.4 Å². The zero-order chi connectivity index (χ0) is 17.2. The fraction of sp³-hybridized carbons (Fsp3) is 0.278. The van der Waals surface area contributed by atoms with Gasteiger partial charge in [-0.2, -0.15) is 0 Å². The van der Waals surface area contributed by atoms with Crippen molar-refractivity contribution in [1.82, 2.24) is 4.90 Å². The van der Waals surface area contributed by atoms with E-state index in [9.17, 15) is 13.2 Å². The molecule has 1 saturated heterocycles. The largest absolute Gasteiger partial charge is 0.323 e. The summed E-state index contributed by atoms with van der Waals surface area (Å²) in [6, 6.07) is 15.7. The topological polar surface area (TPSA) is 66.5 Å². The van der Waals surface area contributed by atoms with Gasteiger partial charge in [-0.05, 0) is 37.1 Å². The van der Waals surface area contributed by atoms with Crippen LogP contribution in [0, 0.1) is 6.92 Å². The van der Waals surface area contributed by atoms with Gasteiger partial charge in [0.1, 0.15) is 0 Å². The van der Waals surface area contributed by atoms with Crippen molar-refractivity contribution in [3.63, 3.8) is 0 Å². The standard InChI is InChI=1S/C18H20N2O3S/c1-14-7-5-6-10-17(14)19-18(21)20-12-11-16(13-20)24(22,23)15-8-3-2-4-9-15/h2-10,16H,11-13H2,1H3,(H,19,21). The Morgan fingerprint density at radius 2 is 1.75 bits per heavy atom. The van der Waals surface area contributed by atoms with Crippen LogP contribution in [0.3, 0.4) is 0 Å². The molecule has 1 aliphatic heterocycles. The van der Waals surface area contributed by atoms with Crippen molar-refractivity contribution in [2.24, 2.45) is 0 Å². The molecule has 1 unspecified atom stereocenters. The minimum absolute atomic E-state index is 0.217. The number of carbonyl (C=O) groups is 1. The van der Waals surface area contributed by atoms with Crippen LogP contribution in [0.2, 0.25) is 0 Å². The van der Waals surface area contributed by atoms with Crippen molar-refractivity contribution in [2.75, 3.05) is 18.4 Å². The third-order valence-electron chi connectivity index (χ3n) is 4.33. The number of carbonyl (C=O) groups excluding carboxylic acids is 1. The van der Waals surface area contributed by atoms with Crippen LogP contribution < -0.4 is 5.32 Å². The Bertz CT molecular complexity index is 834. The first-order valence-corrected chi connectivity index (χ1v) is 9.43. The second-order valence-corrected chi connectivity index (χ2v) is 8.19. The molecule has 24 heavy (non-hydrogen) atoms. The second kappa shape index (κ2) is 6.65. The number of rotatable bonds is 3. The summed E-state index contributed by atoms with van der Waals surface area (Å²) >= 11 is 0. The lowest BCUT2D eigenvalue weighted by Crippen LogP contribution is -2.35. The lowest BCUT2D eigenvalue weighted by atomic mass is 10.2. The molecule has 0 spiro atoms. The van der Waals surface area contributed by atoms with Crippen molar-refractivity contribution in [2.45, 2.75) is 23.5 Å². The van der Waals surface area contributed by atoms with Crippen LogP contribution in [0.5, 0.6) is 0 Å². The Balaban J connectivity index is 1.69. The quantitative estimate of drug-likeness (QED) is 0.930. The molecule has 0 aliphatic carbocycles. The van der Waals surface area contributed by atoms with Gasteiger partial charge >= 0.3 is 6.03 Å². The van der Waals surface area contributed by atoms with E-state index in [0.717, 1.165) is 11.3 Å². The number of hydrogen-bond acceptors (Lipinski definition) is 3. The molecule has 2 aromatic carbocycles. The van der Waals surface area contributed by atoms with Crippen LogP contribution in [-0.2, 0) is 9.84 Å². The lowest BCUT2D eigenvalue weighted by Gasteiger charge is -2.18. The Hall–Kier alpha value is -2.34. The number of hydrogen-bond donors (Lipinski definition) is 1. The first-order chi connectivity index (χ1) is 11.5. The molecule has 1 aliphatic rings. The van der Waals surface area contributed by atoms with Gasteiger partial charge in [0.25, 0.3) is 0 Å². The maximum atomic E-state index is 12.7. The molecule has 126 valence electrons. The fourth-order valence-corrected chi connectivity index (χ4v) is 4.59. The predicted octanol–water partition coefficient (Wildman–Crippen LogP) is 3.08. The van der Waals surface area contributed by atoms with E-state index in [4.69, 9.17) is 0 Å². The highest BCUT2D eigenvalue weighted by atomic mass is 32.2. The number of likely N-dealkylation sites (tertiary alicyclic amines) is 1. The highest BCUT2D eigenvalue weighted by Crippen LogP contribution is 2.24. The number of para-hydroxylation sites is 1. The number of nitrogens with one attached hydrogen (secondary N) is 1. The number of sulfone groups is 1. The Labute approximate surface area is 142 Å². The van der Waals surface area contributed by atoms with Gasteiger partial charge in [0.05, 0.1) is 10.1 Å². The van der Waals surface area contributed by atoms with E-state index in [1.807, 2.05) is 31.2 Å². The zero-order valence-corrected chi connectivity index (χ0v) is 14.3. The molecule has 2 aromatic rings. The van der Waals surface area contributed by atoms with Crippen LogP contribution in [0.4, 0.5) is 10.5 Å². The SMILES string of the molecule is Cc1ccccc1NC(=O)N1CCC(S(=O)(=O)c2ccccc2)C1. The van der Waals surface area contributed by atoms with E-state index in [-0.39, 0.29) is 12.6 Å². The smallest absolute Gasteiger partial charge is 0.321 e. The molecule has 1 fully saturated rings. The minimum Gasteiger partial charge on any atom is -0.323 e. The number of amides is 2. The van der Waals surface area contributed by atoms with E-state index in [0.29, 0.717) is 17.9 Å². The third-order valence-corrected chi connectivity index (χ3v) is 6.52. The molecule has 1 atom stereocenters. The molecule has 2 amide bonds. The Morgan fingerprint density at radius 3 is 2.46 bits per heavy atom. The molecular formula is C18H20N2O3S. The number of nitrogens with zero attached hydrogens (tertiary/aromatic N) is 1. The number of anilines is 1. The maximum Gasteiger partial charge on any atom is 0.321 e. The molecule has 0 saturated carbocycles. The molecule has 6 heteroatoms. The summed E-state index contributed by atoms with van der Waals surface area (Å²) in [6.45, 7) is 2.58. The van der Waals surface area contributed by atoms with Gasteiger partial charge in [0.15, 0.2) is 9.84 Å². The molecule has 1 heterocycles. The monoisotopic (exact) mass is 344 g/mol. The highest BCUT2D eigenvalue weighted by Gasteiger charge is 2.36. The van der Waals surface area contributed by atoms with Crippen LogP contribution in [0.25, 0.3) is 0 Å². The summed E-state index contributed by atoms with van der Waals surface area (Å²) in [4.78, 5) is 14.3. The molecular weight excluding hydrogens is 324 g/mol. The summed E-state index contributed by atoms with van der Waals surface area (Å²) in [7, 11) is -3.41. The minimum atomic E-state index is -3.41. The van der Waals surface area contributed by atoms with Gasteiger partial charge in [-0.25, -0.2) is 13.2 Å². The third kappa shape index (κ3) is 3.28. The first kappa shape index (κ1) is 16.5. The Kier molecular flexibility index (Phi) is 4.57. The van der Waals surface area contributed by atoms with Gasteiger partial charge < -0.3 is 10.2 Å². The van der Waals surface area contributed by atoms with E-state index in [2.05, 4.69) is 5.32 Å². The zero-order valence-electron chi connectivity index (χ0n) is 13.5. The van der Waals surface area contributed by atoms with Crippen LogP contribution >= 0.6 is 0 Å². The maximum absolute atomic E-state index is 12.7. The summed E-state index contributed by atoms with van der Waals surface area (Å²) in [5, 5.41) is 2.30. The van der Waals surface area contributed by atoms with Crippen LogP contribution in [-0.4, -0.2) is 37.7 Å². The van der Waals surface area contributed by atoms with Crippen molar-refractivity contribution in [3.05, 3.63) is 60.2 Å². The van der Waals surface area contributed by atoms with Crippen molar-refractivity contribution in [3.8, 4) is 0 Å². The molecule has 0 radical (unpaired) electrons. The van der Waals surface area contributed by atoms with Gasteiger partial charge in [0, 0.05) is 18.8 Å². The lowest BCUT2D eigenvalue weighted by molar-refractivity contribution is 0.222. The average molecular weight is 344 g/mol. The van der Waals surface area contributed by atoms with E-state index >= 15 is 0 Å². The summed E-state index contributed by atoms with van der Waals surface area (Å²) < 4.78 is 25.3. The van der Waals surface area contributed by atoms with E-state index in [1.54, 1.807) is 35.2 Å². The van der Waals surface area contributed by atoms with Crippen molar-refractivity contribution < 1.29 is 13.2 Å². The molecule has 0 aromatic heterocycles. The number of aryl methyl sites for hydroxylation is 1. The van der Waals surface area contributed by atoms with Gasteiger partial charge in [0.2, 0.25) is 0 Å². The van der Waals surface area contributed by atoms with E-state index < -0.39 is 15.1 Å². The summed E-state index contributed by atoms with van der Waals surface area (Å²) in [6.07, 6.45) is 0.457. The van der Waals surface area contributed by atoms with Gasteiger partial charge in [-0.3, -0.25) is 0 Å². The van der Waals surface area contributed by atoms with Crippen molar-refractivity contribution >= 4 is 21.6 Å². The number of urea groups is 1. The Morgan fingerprint density at radius 1 is 1.08 bits per heavy atom. The summed E-state index contributed by atoms with van der Waals surface area (Å²) in [5.74, 6) is 0. The molecule has 1 N–H and O–H groups in total.